The van der Waals surface area contributed by atoms with Crippen molar-refractivity contribution in [2.45, 2.75) is 6.54 Å². The minimum Gasteiger partial charge on any atom is -0.347 e. The van der Waals surface area contributed by atoms with E-state index in [1.54, 1.807) is 30.6 Å². The lowest BCUT2D eigenvalue weighted by Gasteiger charge is -2.04. The van der Waals surface area contributed by atoms with Crippen molar-refractivity contribution in [1.29, 1.82) is 5.26 Å². The fraction of sp³-hybridized carbons (Fsp3) is 0.0625. The first kappa shape index (κ1) is 13.5. The monoisotopic (exact) mass is 263 g/mol. The molecule has 0 atom stereocenters. The Morgan fingerprint density at radius 2 is 1.90 bits per heavy atom. The number of hydrogen-bond acceptors (Lipinski definition) is 3. The number of rotatable bonds is 4. The molecule has 1 amide bonds. The van der Waals surface area contributed by atoms with Gasteiger partial charge >= 0.3 is 0 Å². The molecule has 0 radical (unpaired) electrons. The molecule has 1 N–H and O–H groups in total. The maximum atomic E-state index is 11.9. The third-order valence-electron chi connectivity index (χ3n) is 2.68. The molecule has 0 fully saturated rings. The molecule has 1 aromatic heterocycles. The summed E-state index contributed by atoms with van der Waals surface area (Å²) in [5.41, 5.74) is 1.83. The summed E-state index contributed by atoms with van der Waals surface area (Å²) in [5.74, 6) is -0.381. The second-order valence-electron chi connectivity index (χ2n) is 4.12. The van der Waals surface area contributed by atoms with Crippen LogP contribution in [-0.2, 0) is 11.3 Å². The SMILES string of the molecule is N#C/C(=C\c1ccncc1)C(=O)NCc1ccccc1. The van der Waals surface area contributed by atoms with E-state index in [0.29, 0.717) is 6.54 Å². The van der Waals surface area contributed by atoms with Crippen LogP contribution in [0.5, 0.6) is 0 Å². The van der Waals surface area contributed by atoms with E-state index >= 15 is 0 Å². The second-order valence-corrected chi connectivity index (χ2v) is 4.12. The molecule has 0 saturated heterocycles. The van der Waals surface area contributed by atoms with Gasteiger partial charge in [0.15, 0.2) is 0 Å². The van der Waals surface area contributed by atoms with Gasteiger partial charge in [-0.2, -0.15) is 5.26 Å². The van der Waals surface area contributed by atoms with Gasteiger partial charge in [-0.1, -0.05) is 30.3 Å². The number of carbonyl (C=O) groups is 1. The maximum absolute atomic E-state index is 11.9. The number of nitrogens with zero attached hydrogens (tertiary/aromatic N) is 2. The minimum absolute atomic E-state index is 0.0760. The maximum Gasteiger partial charge on any atom is 0.262 e. The molecule has 98 valence electrons. The van der Waals surface area contributed by atoms with Crippen LogP contribution in [0.25, 0.3) is 6.08 Å². The highest BCUT2D eigenvalue weighted by Gasteiger charge is 2.08. The van der Waals surface area contributed by atoms with Crippen molar-refractivity contribution in [3.63, 3.8) is 0 Å². The normalized spacial score (nSPS) is 10.7. The Bertz CT molecular complexity index is 642. The van der Waals surface area contributed by atoms with Crippen molar-refractivity contribution in [1.82, 2.24) is 10.3 Å². The zero-order valence-corrected chi connectivity index (χ0v) is 10.8. The van der Waals surface area contributed by atoms with Crippen LogP contribution in [0.1, 0.15) is 11.1 Å². The molecule has 4 nitrogen and oxygen atoms in total. The number of aromatic nitrogens is 1. The van der Waals surface area contributed by atoms with Crippen molar-refractivity contribution in [3.8, 4) is 6.07 Å². The van der Waals surface area contributed by atoms with Crippen LogP contribution in [-0.4, -0.2) is 10.9 Å². The van der Waals surface area contributed by atoms with Gasteiger partial charge in [-0.15, -0.1) is 0 Å². The van der Waals surface area contributed by atoms with Gasteiger partial charge in [0, 0.05) is 18.9 Å². The van der Waals surface area contributed by atoms with E-state index in [4.69, 9.17) is 5.26 Å². The number of amides is 1. The van der Waals surface area contributed by atoms with E-state index in [2.05, 4.69) is 10.3 Å². The van der Waals surface area contributed by atoms with E-state index in [0.717, 1.165) is 11.1 Å². The second kappa shape index (κ2) is 6.86. The van der Waals surface area contributed by atoms with Gasteiger partial charge in [-0.05, 0) is 29.3 Å². The van der Waals surface area contributed by atoms with Crippen molar-refractivity contribution in [2.24, 2.45) is 0 Å². The molecule has 0 spiro atoms. The number of nitriles is 1. The molecule has 4 heteroatoms. The van der Waals surface area contributed by atoms with Gasteiger partial charge in [-0.3, -0.25) is 9.78 Å². The van der Waals surface area contributed by atoms with Crippen LogP contribution in [0.4, 0.5) is 0 Å². The minimum atomic E-state index is -0.381. The zero-order chi connectivity index (χ0) is 14.2. The van der Waals surface area contributed by atoms with Crippen LogP contribution in [0.3, 0.4) is 0 Å². The molecular weight excluding hydrogens is 250 g/mol. The Labute approximate surface area is 117 Å². The molecule has 0 aliphatic rings. The zero-order valence-electron chi connectivity index (χ0n) is 10.8. The summed E-state index contributed by atoms with van der Waals surface area (Å²) in [7, 11) is 0. The van der Waals surface area contributed by atoms with Gasteiger partial charge < -0.3 is 5.32 Å². The fourth-order valence-electron chi connectivity index (χ4n) is 1.65. The quantitative estimate of drug-likeness (QED) is 0.680. The summed E-state index contributed by atoms with van der Waals surface area (Å²) in [6.07, 6.45) is 4.77. The van der Waals surface area contributed by atoms with Gasteiger partial charge in [0.05, 0.1) is 0 Å². The molecule has 2 aromatic rings. The lowest BCUT2D eigenvalue weighted by Crippen LogP contribution is -2.23. The van der Waals surface area contributed by atoms with Crippen LogP contribution in [0.15, 0.2) is 60.4 Å². The summed E-state index contributed by atoms with van der Waals surface area (Å²) in [5, 5.41) is 11.8. The molecule has 0 unspecified atom stereocenters. The lowest BCUT2D eigenvalue weighted by molar-refractivity contribution is -0.117. The van der Waals surface area contributed by atoms with Crippen molar-refractivity contribution in [3.05, 3.63) is 71.6 Å². The molecular formula is C16H13N3O. The Morgan fingerprint density at radius 1 is 1.20 bits per heavy atom. The Morgan fingerprint density at radius 3 is 2.55 bits per heavy atom. The highest BCUT2D eigenvalue weighted by Crippen LogP contribution is 2.06. The predicted molar refractivity (Wildman–Crippen MR) is 76.1 cm³/mol. The number of hydrogen-bond donors (Lipinski definition) is 1. The average Bonchev–Trinajstić information content (AvgIpc) is 2.52. The molecule has 0 bridgehead atoms. The molecule has 1 heterocycles. The van der Waals surface area contributed by atoms with Crippen LogP contribution < -0.4 is 5.32 Å². The van der Waals surface area contributed by atoms with Gasteiger partial charge in [0.25, 0.3) is 5.91 Å². The molecule has 2 rings (SSSR count). The smallest absolute Gasteiger partial charge is 0.262 e. The molecule has 1 aromatic carbocycles. The van der Waals surface area contributed by atoms with E-state index in [9.17, 15) is 4.79 Å². The Balaban J connectivity index is 2.03. The van der Waals surface area contributed by atoms with Crippen molar-refractivity contribution in [2.75, 3.05) is 0 Å². The fourth-order valence-corrected chi connectivity index (χ4v) is 1.65. The van der Waals surface area contributed by atoms with E-state index in [1.165, 1.54) is 0 Å². The summed E-state index contributed by atoms with van der Waals surface area (Å²) in [4.78, 5) is 15.8. The van der Waals surface area contributed by atoms with Crippen molar-refractivity contribution < 1.29 is 4.79 Å². The summed E-state index contributed by atoms with van der Waals surface area (Å²) in [6, 6.07) is 14.9. The lowest BCUT2D eigenvalue weighted by atomic mass is 10.1. The first-order valence-corrected chi connectivity index (χ1v) is 6.13. The van der Waals surface area contributed by atoms with Gasteiger partial charge in [0.1, 0.15) is 11.6 Å². The van der Waals surface area contributed by atoms with Crippen LogP contribution in [0, 0.1) is 11.3 Å². The molecule has 0 saturated carbocycles. The Hall–Kier alpha value is -2.93. The standard InChI is InChI=1S/C16H13N3O/c17-11-15(10-13-6-8-18-9-7-13)16(20)19-12-14-4-2-1-3-5-14/h1-10H,12H2,(H,19,20)/b15-10+. The summed E-state index contributed by atoms with van der Waals surface area (Å²) >= 11 is 0. The van der Waals surface area contributed by atoms with Gasteiger partial charge in [-0.25, -0.2) is 0 Å². The number of nitrogens with one attached hydrogen (secondary N) is 1. The molecule has 20 heavy (non-hydrogen) atoms. The van der Waals surface area contributed by atoms with E-state index in [-0.39, 0.29) is 11.5 Å². The first-order chi connectivity index (χ1) is 9.79. The molecule has 0 aliphatic heterocycles. The predicted octanol–water partition coefficient (Wildman–Crippen LogP) is 2.30. The number of benzene rings is 1. The Kier molecular flexibility index (Phi) is 4.63. The topological polar surface area (TPSA) is 65.8 Å². The van der Waals surface area contributed by atoms with Gasteiger partial charge in [0.2, 0.25) is 0 Å². The molecule has 0 aliphatic carbocycles. The van der Waals surface area contributed by atoms with E-state index < -0.39 is 0 Å². The third kappa shape index (κ3) is 3.79. The van der Waals surface area contributed by atoms with E-state index in [1.807, 2.05) is 36.4 Å². The van der Waals surface area contributed by atoms with Crippen LogP contribution >= 0.6 is 0 Å². The summed E-state index contributed by atoms with van der Waals surface area (Å²) in [6.45, 7) is 0.398. The average molecular weight is 263 g/mol. The van der Waals surface area contributed by atoms with Crippen LogP contribution in [0.2, 0.25) is 0 Å². The van der Waals surface area contributed by atoms with Crippen molar-refractivity contribution >= 4 is 12.0 Å². The third-order valence-corrected chi connectivity index (χ3v) is 2.68. The highest BCUT2D eigenvalue weighted by molar-refractivity contribution is 6.01. The largest absolute Gasteiger partial charge is 0.347 e. The number of carbonyl (C=O) groups excluding carboxylic acids is 1. The first-order valence-electron chi connectivity index (χ1n) is 6.13. The number of pyridine rings is 1. The summed E-state index contributed by atoms with van der Waals surface area (Å²) < 4.78 is 0. The highest BCUT2D eigenvalue weighted by atomic mass is 16.1.